The number of aromatic nitrogens is 2. The minimum atomic E-state index is -0.374. The highest BCUT2D eigenvalue weighted by atomic mass is 32.2. The molecule has 0 fully saturated rings. The maximum Gasteiger partial charge on any atom is 0.283 e. The van der Waals surface area contributed by atoms with Crippen molar-refractivity contribution in [2.24, 2.45) is 4.99 Å². The first-order chi connectivity index (χ1) is 14.0. The standard InChI is InChI=1S/C21H17FN4O2S/c1-13(19-23-14(2)25-28-19)29-21-24-18(12-15-6-4-3-5-7-15)20(27)26(21)17-10-8-16(22)9-11-17/h3-13H,1-2H3/b18-12-. The van der Waals surface area contributed by atoms with Gasteiger partial charge in [0.25, 0.3) is 5.91 Å². The minimum absolute atomic E-state index is 0.221. The zero-order valence-electron chi connectivity index (χ0n) is 15.7. The minimum Gasteiger partial charge on any atom is -0.338 e. The van der Waals surface area contributed by atoms with Crippen LogP contribution in [0.15, 0.2) is 69.8 Å². The maximum atomic E-state index is 13.4. The van der Waals surface area contributed by atoms with Gasteiger partial charge >= 0.3 is 0 Å². The van der Waals surface area contributed by atoms with Crippen LogP contribution in [0.2, 0.25) is 0 Å². The molecule has 2 heterocycles. The van der Waals surface area contributed by atoms with E-state index in [0.717, 1.165) is 5.56 Å². The molecule has 8 heteroatoms. The molecule has 0 bridgehead atoms. The molecule has 1 atom stereocenters. The van der Waals surface area contributed by atoms with Crippen molar-refractivity contribution in [1.29, 1.82) is 0 Å². The van der Waals surface area contributed by atoms with Crippen molar-refractivity contribution >= 4 is 34.6 Å². The number of carbonyl (C=O) groups excluding carboxylic acids is 1. The summed E-state index contributed by atoms with van der Waals surface area (Å²) in [6.45, 7) is 3.64. The molecule has 0 saturated heterocycles. The number of amides is 1. The summed E-state index contributed by atoms with van der Waals surface area (Å²) in [4.78, 5) is 23.4. The lowest BCUT2D eigenvalue weighted by Gasteiger charge is -2.19. The Kier molecular flexibility index (Phi) is 5.26. The molecule has 1 aliphatic heterocycles. The normalized spacial score (nSPS) is 16.4. The van der Waals surface area contributed by atoms with E-state index in [2.05, 4.69) is 15.1 Å². The number of benzene rings is 2. The van der Waals surface area contributed by atoms with Crippen molar-refractivity contribution in [1.82, 2.24) is 10.1 Å². The Labute approximate surface area is 171 Å². The number of halogens is 1. The van der Waals surface area contributed by atoms with Gasteiger partial charge in [-0.15, -0.1) is 0 Å². The molecule has 1 aliphatic rings. The van der Waals surface area contributed by atoms with E-state index in [0.29, 0.717) is 28.3 Å². The Balaban J connectivity index is 1.70. The zero-order chi connectivity index (χ0) is 20.4. The summed E-state index contributed by atoms with van der Waals surface area (Å²) in [6, 6.07) is 15.2. The lowest BCUT2D eigenvalue weighted by atomic mass is 10.2. The zero-order valence-corrected chi connectivity index (χ0v) is 16.6. The lowest BCUT2D eigenvalue weighted by molar-refractivity contribution is -0.113. The summed E-state index contributed by atoms with van der Waals surface area (Å²) >= 11 is 1.32. The number of hydrogen-bond acceptors (Lipinski definition) is 6. The average molecular weight is 408 g/mol. The molecular weight excluding hydrogens is 391 g/mol. The van der Waals surface area contributed by atoms with Crippen LogP contribution in [0.3, 0.4) is 0 Å². The summed E-state index contributed by atoms with van der Waals surface area (Å²) in [5.74, 6) is 0.331. The van der Waals surface area contributed by atoms with Crippen LogP contribution < -0.4 is 4.90 Å². The van der Waals surface area contributed by atoms with Crippen LogP contribution in [0.4, 0.5) is 10.1 Å². The van der Waals surface area contributed by atoms with E-state index >= 15 is 0 Å². The van der Waals surface area contributed by atoms with Crippen molar-refractivity contribution in [3.8, 4) is 0 Å². The number of aryl methyl sites for hydroxylation is 1. The van der Waals surface area contributed by atoms with E-state index in [-0.39, 0.29) is 17.0 Å². The van der Waals surface area contributed by atoms with Gasteiger partial charge in [-0.1, -0.05) is 47.3 Å². The van der Waals surface area contributed by atoms with E-state index in [4.69, 9.17) is 4.52 Å². The molecule has 1 unspecified atom stereocenters. The molecule has 1 aromatic heterocycles. The number of nitrogens with zero attached hydrogens (tertiary/aromatic N) is 4. The van der Waals surface area contributed by atoms with E-state index < -0.39 is 0 Å². The Morgan fingerprint density at radius 2 is 1.86 bits per heavy atom. The van der Waals surface area contributed by atoms with Gasteiger partial charge in [0, 0.05) is 0 Å². The van der Waals surface area contributed by atoms with Crippen LogP contribution >= 0.6 is 11.8 Å². The predicted molar refractivity (Wildman–Crippen MR) is 111 cm³/mol. The van der Waals surface area contributed by atoms with E-state index in [1.165, 1.54) is 28.8 Å². The first kappa shape index (κ1) is 19.1. The molecule has 6 nitrogen and oxygen atoms in total. The molecule has 146 valence electrons. The Morgan fingerprint density at radius 1 is 1.14 bits per heavy atom. The first-order valence-corrected chi connectivity index (χ1v) is 9.81. The van der Waals surface area contributed by atoms with Crippen molar-refractivity contribution in [3.63, 3.8) is 0 Å². The Hall–Kier alpha value is -3.26. The number of amidine groups is 1. The van der Waals surface area contributed by atoms with Crippen molar-refractivity contribution in [2.45, 2.75) is 19.1 Å². The lowest BCUT2D eigenvalue weighted by Crippen LogP contribution is -2.30. The molecule has 2 aromatic carbocycles. The number of anilines is 1. The molecular formula is C21H17FN4O2S. The van der Waals surface area contributed by atoms with Gasteiger partial charge in [-0.3, -0.25) is 9.69 Å². The first-order valence-electron chi connectivity index (χ1n) is 8.93. The molecule has 1 amide bonds. The van der Waals surface area contributed by atoms with Crippen LogP contribution in [-0.2, 0) is 4.79 Å². The SMILES string of the molecule is Cc1noc(C(C)SC2=N/C(=C\c3ccccc3)C(=O)N2c2ccc(F)cc2)n1. The second kappa shape index (κ2) is 8.00. The van der Waals surface area contributed by atoms with Crippen LogP contribution in [-0.4, -0.2) is 21.2 Å². The molecule has 0 spiro atoms. The fourth-order valence-corrected chi connectivity index (χ4v) is 3.74. The third-order valence-corrected chi connectivity index (χ3v) is 5.23. The molecule has 0 saturated carbocycles. The van der Waals surface area contributed by atoms with Crippen LogP contribution in [0, 0.1) is 12.7 Å². The number of rotatable bonds is 4. The van der Waals surface area contributed by atoms with Gasteiger partial charge in [-0.05, 0) is 49.8 Å². The van der Waals surface area contributed by atoms with Crippen molar-refractivity contribution in [2.75, 3.05) is 4.90 Å². The van der Waals surface area contributed by atoms with Crippen molar-refractivity contribution in [3.05, 3.63) is 83.4 Å². The Bertz CT molecular complexity index is 1090. The van der Waals surface area contributed by atoms with E-state index in [1.54, 1.807) is 25.1 Å². The number of hydrogen-bond donors (Lipinski definition) is 0. The molecule has 29 heavy (non-hydrogen) atoms. The fraction of sp³-hybridized carbons (Fsp3) is 0.143. The van der Waals surface area contributed by atoms with Crippen LogP contribution in [0.5, 0.6) is 0 Å². The number of aliphatic imine (C=N–C) groups is 1. The van der Waals surface area contributed by atoms with Gasteiger partial charge in [0.1, 0.15) is 11.5 Å². The monoisotopic (exact) mass is 408 g/mol. The predicted octanol–water partition coefficient (Wildman–Crippen LogP) is 4.76. The molecule has 0 aliphatic carbocycles. The highest BCUT2D eigenvalue weighted by molar-refractivity contribution is 8.14. The molecule has 4 rings (SSSR count). The van der Waals surface area contributed by atoms with E-state index in [1.807, 2.05) is 37.3 Å². The molecule has 0 N–H and O–H groups in total. The fourth-order valence-electron chi connectivity index (χ4n) is 2.79. The quantitative estimate of drug-likeness (QED) is 0.582. The summed E-state index contributed by atoms with van der Waals surface area (Å²) < 4.78 is 18.6. The largest absolute Gasteiger partial charge is 0.338 e. The highest BCUT2D eigenvalue weighted by Gasteiger charge is 2.34. The topological polar surface area (TPSA) is 71.6 Å². The second-order valence-electron chi connectivity index (χ2n) is 6.39. The van der Waals surface area contributed by atoms with Gasteiger partial charge in [0.2, 0.25) is 5.89 Å². The van der Waals surface area contributed by atoms with Gasteiger partial charge < -0.3 is 4.52 Å². The summed E-state index contributed by atoms with van der Waals surface area (Å²) in [5.41, 5.74) is 1.70. The van der Waals surface area contributed by atoms with Crippen LogP contribution in [0.1, 0.15) is 29.5 Å². The van der Waals surface area contributed by atoms with Crippen molar-refractivity contribution < 1.29 is 13.7 Å². The third kappa shape index (κ3) is 4.12. The molecule has 0 radical (unpaired) electrons. The number of thioether (sulfide) groups is 1. The second-order valence-corrected chi connectivity index (χ2v) is 7.70. The van der Waals surface area contributed by atoms with E-state index in [9.17, 15) is 9.18 Å². The Morgan fingerprint density at radius 3 is 2.52 bits per heavy atom. The maximum absolute atomic E-state index is 13.4. The summed E-state index contributed by atoms with van der Waals surface area (Å²) in [5, 5.41) is 4.06. The van der Waals surface area contributed by atoms with Gasteiger partial charge in [0.15, 0.2) is 11.0 Å². The average Bonchev–Trinajstić information content (AvgIpc) is 3.27. The highest BCUT2D eigenvalue weighted by Crippen LogP contribution is 2.36. The third-order valence-electron chi connectivity index (χ3n) is 4.19. The van der Waals surface area contributed by atoms with Crippen LogP contribution in [0.25, 0.3) is 6.08 Å². The summed E-state index contributed by atoms with van der Waals surface area (Å²) in [7, 11) is 0. The smallest absolute Gasteiger partial charge is 0.283 e. The molecule has 3 aromatic rings. The summed E-state index contributed by atoms with van der Waals surface area (Å²) in [6.07, 6.45) is 1.73. The number of carbonyl (C=O) groups is 1. The van der Waals surface area contributed by atoms with Gasteiger partial charge in [-0.2, -0.15) is 4.98 Å². The van der Waals surface area contributed by atoms with Gasteiger partial charge in [0.05, 0.1) is 10.9 Å². The van der Waals surface area contributed by atoms with Gasteiger partial charge in [-0.25, -0.2) is 9.38 Å².